The molecule has 0 saturated carbocycles. The van der Waals surface area contributed by atoms with Gasteiger partial charge in [0.2, 0.25) is 0 Å². The number of nitrogens with two attached hydrogens (primary N) is 1. The third kappa shape index (κ3) is 25.7. The van der Waals surface area contributed by atoms with Crippen molar-refractivity contribution in [3.8, 4) is 0 Å². The Hall–Kier alpha value is -0.0400. The molecule has 72 valence electrons. The van der Waals surface area contributed by atoms with Gasteiger partial charge in [-0.1, -0.05) is 52.9 Å². The van der Waals surface area contributed by atoms with Crippen LogP contribution in [0, 0.1) is 0 Å². The number of rotatable bonds is 5. The van der Waals surface area contributed by atoms with Crippen molar-refractivity contribution in [2.24, 2.45) is 5.73 Å². The topological polar surface area (TPSA) is 26.0 Å². The molecule has 0 aromatic rings. The predicted molar refractivity (Wildman–Crippen MR) is 55.9 cm³/mol. The van der Waals surface area contributed by atoms with Gasteiger partial charge in [0.1, 0.15) is 0 Å². The van der Waals surface area contributed by atoms with Gasteiger partial charge in [-0.3, -0.25) is 0 Å². The van der Waals surface area contributed by atoms with Crippen molar-refractivity contribution in [2.75, 3.05) is 6.54 Å². The summed E-state index contributed by atoms with van der Waals surface area (Å²) in [5.41, 5.74) is 5.14. The fraction of sp³-hybridized carbons (Fsp3) is 1.00. The van der Waals surface area contributed by atoms with Crippen LogP contribution in [0.2, 0.25) is 0 Å². The third-order valence-corrected chi connectivity index (χ3v) is 1.51. The van der Waals surface area contributed by atoms with E-state index in [1.54, 1.807) is 0 Å². The summed E-state index contributed by atoms with van der Waals surface area (Å²) >= 11 is 0. The van der Waals surface area contributed by atoms with Crippen LogP contribution in [0.15, 0.2) is 0 Å². The van der Waals surface area contributed by atoms with Crippen LogP contribution in [0.25, 0.3) is 0 Å². The predicted octanol–water partition coefficient (Wildman–Crippen LogP) is 3.58. The summed E-state index contributed by atoms with van der Waals surface area (Å²) in [5, 5.41) is 0. The SMILES string of the molecule is CCCCCC.CCCCN.[HH]. The van der Waals surface area contributed by atoms with Gasteiger partial charge >= 0.3 is 0 Å². The van der Waals surface area contributed by atoms with E-state index in [1.165, 1.54) is 38.5 Å². The fourth-order valence-corrected chi connectivity index (χ4v) is 0.704. The van der Waals surface area contributed by atoms with Gasteiger partial charge in [0.25, 0.3) is 0 Å². The van der Waals surface area contributed by atoms with Crippen LogP contribution in [-0.2, 0) is 0 Å². The number of unbranched alkanes of at least 4 members (excludes halogenated alkanes) is 4. The minimum Gasteiger partial charge on any atom is -0.330 e. The summed E-state index contributed by atoms with van der Waals surface area (Å²) in [7, 11) is 0. The lowest BCUT2D eigenvalue weighted by molar-refractivity contribution is 0.702. The summed E-state index contributed by atoms with van der Waals surface area (Å²) in [6.45, 7) is 7.44. The minimum absolute atomic E-state index is 0. The Morgan fingerprint density at radius 1 is 0.818 bits per heavy atom. The van der Waals surface area contributed by atoms with Crippen molar-refractivity contribution >= 4 is 0 Å². The van der Waals surface area contributed by atoms with Gasteiger partial charge in [0.15, 0.2) is 0 Å². The molecule has 0 heterocycles. The van der Waals surface area contributed by atoms with Crippen molar-refractivity contribution in [1.29, 1.82) is 0 Å². The summed E-state index contributed by atoms with van der Waals surface area (Å²) in [6.07, 6.45) is 7.92. The molecule has 11 heavy (non-hydrogen) atoms. The average Bonchev–Trinajstić information content (AvgIpc) is 2.04. The molecule has 0 rings (SSSR count). The Balaban J connectivity index is -0.000000126. The van der Waals surface area contributed by atoms with Crippen molar-refractivity contribution in [3.63, 3.8) is 0 Å². The van der Waals surface area contributed by atoms with Gasteiger partial charge in [-0.25, -0.2) is 0 Å². The van der Waals surface area contributed by atoms with E-state index in [4.69, 9.17) is 5.73 Å². The average molecular weight is 161 g/mol. The van der Waals surface area contributed by atoms with Gasteiger partial charge in [-0.15, -0.1) is 0 Å². The fourth-order valence-electron chi connectivity index (χ4n) is 0.704. The van der Waals surface area contributed by atoms with Crippen molar-refractivity contribution in [2.45, 2.75) is 59.3 Å². The molecule has 1 heteroatoms. The second kappa shape index (κ2) is 16.5. The Bertz CT molecular complexity index is 43.1. The highest BCUT2D eigenvalue weighted by molar-refractivity contribution is 4.31. The zero-order valence-electron chi connectivity index (χ0n) is 8.53. The Labute approximate surface area is 73.9 Å². The van der Waals surface area contributed by atoms with Crippen LogP contribution in [0.4, 0.5) is 0 Å². The van der Waals surface area contributed by atoms with E-state index in [1.807, 2.05) is 0 Å². The number of hydrogen-bond donors (Lipinski definition) is 1. The van der Waals surface area contributed by atoms with Crippen LogP contribution >= 0.6 is 0 Å². The van der Waals surface area contributed by atoms with E-state index in [-0.39, 0.29) is 1.43 Å². The minimum atomic E-state index is 0. The molecule has 0 aliphatic rings. The first-order valence-corrected chi connectivity index (χ1v) is 5.03. The van der Waals surface area contributed by atoms with E-state index < -0.39 is 0 Å². The van der Waals surface area contributed by atoms with Gasteiger partial charge in [-0.2, -0.15) is 0 Å². The molecule has 0 fully saturated rings. The Kier molecular flexibility index (Phi) is 20.3. The van der Waals surface area contributed by atoms with Crippen LogP contribution < -0.4 is 5.73 Å². The molecule has 0 aromatic heterocycles. The maximum Gasteiger partial charge on any atom is 0 e. The second-order valence-electron chi connectivity index (χ2n) is 2.85. The molecule has 2 N–H and O–H groups in total. The molecular weight excluding hydrogens is 134 g/mol. The van der Waals surface area contributed by atoms with Crippen LogP contribution in [0.5, 0.6) is 0 Å². The molecule has 0 spiro atoms. The lowest BCUT2D eigenvalue weighted by Gasteiger charge is -1.86. The molecule has 0 aromatic carbocycles. The monoisotopic (exact) mass is 161 g/mol. The first-order chi connectivity index (χ1) is 5.33. The van der Waals surface area contributed by atoms with E-state index in [2.05, 4.69) is 20.8 Å². The highest BCUT2D eigenvalue weighted by atomic mass is 14.5. The zero-order chi connectivity index (χ0) is 8.95. The molecule has 0 saturated heterocycles. The van der Waals surface area contributed by atoms with Gasteiger partial charge in [-0.05, 0) is 13.0 Å². The van der Waals surface area contributed by atoms with Crippen LogP contribution in [0.3, 0.4) is 0 Å². The normalized spacial score (nSPS) is 8.73. The van der Waals surface area contributed by atoms with E-state index in [0.29, 0.717) is 0 Å². The molecule has 0 aliphatic heterocycles. The van der Waals surface area contributed by atoms with E-state index >= 15 is 0 Å². The molecule has 0 bridgehead atoms. The van der Waals surface area contributed by atoms with Crippen molar-refractivity contribution < 1.29 is 1.43 Å². The zero-order valence-corrected chi connectivity index (χ0v) is 8.53. The number of hydrogen-bond acceptors (Lipinski definition) is 1. The Morgan fingerprint density at radius 3 is 1.27 bits per heavy atom. The molecular formula is C10H27N. The first-order valence-electron chi connectivity index (χ1n) is 5.03. The molecule has 0 aliphatic carbocycles. The van der Waals surface area contributed by atoms with E-state index in [0.717, 1.165) is 6.54 Å². The van der Waals surface area contributed by atoms with Gasteiger partial charge < -0.3 is 5.73 Å². The van der Waals surface area contributed by atoms with E-state index in [9.17, 15) is 0 Å². The van der Waals surface area contributed by atoms with Crippen LogP contribution in [-0.4, -0.2) is 6.54 Å². The largest absolute Gasteiger partial charge is 0.330 e. The maximum absolute atomic E-state index is 5.14. The summed E-state index contributed by atoms with van der Waals surface area (Å²) in [5.74, 6) is 0. The van der Waals surface area contributed by atoms with Crippen LogP contribution in [0.1, 0.15) is 60.7 Å². The quantitative estimate of drug-likeness (QED) is 0.613. The molecule has 0 unspecified atom stereocenters. The van der Waals surface area contributed by atoms with Crippen molar-refractivity contribution in [1.82, 2.24) is 0 Å². The molecule has 0 amide bonds. The highest BCUT2D eigenvalue weighted by Crippen LogP contribution is 1.95. The lowest BCUT2D eigenvalue weighted by atomic mass is 10.2. The highest BCUT2D eigenvalue weighted by Gasteiger charge is 1.75. The molecule has 0 atom stereocenters. The summed E-state index contributed by atoms with van der Waals surface area (Å²) in [4.78, 5) is 0. The summed E-state index contributed by atoms with van der Waals surface area (Å²) in [6, 6.07) is 0. The lowest BCUT2D eigenvalue weighted by Crippen LogP contribution is -1.95. The Morgan fingerprint density at radius 2 is 1.18 bits per heavy atom. The maximum atomic E-state index is 5.14. The summed E-state index contributed by atoms with van der Waals surface area (Å²) < 4.78 is 0. The first kappa shape index (κ1) is 13.5. The second-order valence-corrected chi connectivity index (χ2v) is 2.85. The third-order valence-electron chi connectivity index (χ3n) is 1.51. The van der Waals surface area contributed by atoms with Crippen molar-refractivity contribution in [3.05, 3.63) is 0 Å². The smallest absolute Gasteiger partial charge is 0 e. The molecule has 0 radical (unpaired) electrons. The molecule has 1 nitrogen and oxygen atoms in total. The van der Waals surface area contributed by atoms with Gasteiger partial charge in [0.05, 0.1) is 0 Å². The van der Waals surface area contributed by atoms with Gasteiger partial charge in [0, 0.05) is 1.43 Å². The standard InChI is InChI=1S/C6H14.C4H11N.H2/c1-3-5-6-4-2;1-2-3-4-5;/h3-6H2,1-2H3;2-5H2,1H3;1H.